The lowest BCUT2D eigenvalue weighted by molar-refractivity contribution is -0.113. The Morgan fingerprint density at radius 3 is 2.70 bits per heavy atom. The van der Waals surface area contributed by atoms with Gasteiger partial charge in [0.1, 0.15) is 0 Å². The number of anilines is 1. The van der Waals surface area contributed by atoms with E-state index in [0.29, 0.717) is 22.9 Å². The van der Waals surface area contributed by atoms with Crippen molar-refractivity contribution in [3.8, 4) is 0 Å². The van der Waals surface area contributed by atoms with E-state index < -0.39 is 0 Å². The zero-order valence-electron chi connectivity index (χ0n) is 17.2. The maximum atomic E-state index is 12.9. The summed E-state index contributed by atoms with van der Waals surface area (Å²) >= 11 is 1.30. The molecule has 4 aromatic rings. The summed E-state index contributed by atoms with van der Waals surface area (Å²) in [6.07, 6.45) is 0.807. The fourth-order valence-corrected chi connectivity index (χ4v) is 4.20. The van der Waals surface area contributed by atoms with Gasteiger partial charge in [0.2, 0.25) is 11.7 Å². The number of benzene rings is 2. The van der Waals surface area contributed by atoms with Gasteiger partial charge in [-0.25, -0.2) is 0 Å². The predicted octanol–water partition coefficient (Wildman–Crippen LogP) is 3.80. The van der Waals surface area contributed by atoms with Gasteiger partial charge in [-0.2, -0.15) is 0 Å². The summed E-state index contributed by atoms with van der Waals surface area (Å²) in [7, 11) is 0. The molecule has 0 spiro atoms. The van der Waals surface area contributed by atoms with E-state index in [0.717, 1.165) is 28.8 Å². The molecule has 8 heteroatoms. The molecule has 0 aliphatic heterocycles. The molecular weight excluding hydrogens is 398 g/mol. The SMILES string of the molecule is CCCn1c(=O)c2ccccc2n2c(SCC(=O)Nc3cccc(C)c3C)nnc12. The highest BCUT2D eigenvalue weighted by atomic mass is 32.2. The van der Waals surface area contributed by atoms with E-state index in [4.69, 9.17) is 0 Å². The van der Waals surface area contributed by atoms with Crippen molar-refractivity contribution in [1.29, 1.82) is 0 Å². The van der Waals surface area contributed by atoms with Crippen LogP contribution in [0, 0.1) is 13.8 Å². The Morgan fingerprint density at radius 1 is 1.10 bits per heavy atom. The van der Waals surface area contributed by atoms with Crippen LogP contribution in [0.5, 0.6) is 0 Å². The van der Waals surface area contributed by atoms with Crippen molar-refractivity contribution in [2.45, 2.75) is 38.9 Å². The van der Waals surface area contributed by atoms with Crippen LogP contribution < -0.4 is 10.9 Å². The van der Waals surface area contributed by atoms with Gasteiger partial charge in [0.25, 0.3) is 5.56 Å². The first kappa shape index (κ1) is 20.2. The Morgan fingerprint density at radius 2 is 1.90 bits per heavy atom. The van der Waals surface area contributed by atoms with E-state index in [-0.39, 0.29) is 17.2 Å². The van der Waals surface area contributed by atoms with Crippen LogP contribution in [0.3, 0.4) is 0 Å². The third-order valence-corrected chi connectivity index (χ3v) is 6.07. The molecular formula is C22H23N5O2S. The standard InChI is InChI=1S/C22H23N5O2S/c1-4-12-26-20(29)16-9-5-6-11-18(16)27-21(26)24-25-22(27)30-13-19(28)23-17-10-7-8-14(2)15(17)3/h5-11H,4,12-13H2,1-3H3,(H,23,28). The second-order valence-corrected chi connectivity index (χ2v) is 8.12. The van der Waals surface area contributed by atoms with Gasteiger partial charge in [0.15, 0.2) is 5.16 Å². The van der Waals surface area contributed by atoms with Gasteiger partial charge in [-0.3, -0.25) is 18.6 Å². The second-order valence-electron chi connectivity index (χ2n) is 7.18. The number of para-hydroxylation sites is 1. The number of hydrogen-bond acceptors (Lipinski definition) is 5. The number of fused-ring (bicyclic) bond motifs is 3. The summed E-state index contributed by atoms with van der Waals surface area (Å²) in [4.78, 5) is 25.4. The largest absolute Gasteiger partial charge is 0.325 e. The third-order valence-electron chi connectivity index (χ3n) is 5.14. The molecule has 0 fully saturated rings. The summed E-state index contributed by atoms with van der Waals surface area (Å²) in [5, 5.41) is 12.7. The molecule has 0 bridgehead atoms. The maximum Gasteiger partial charge on any atom is 0.262 e. The van der Waals surface area contributed by atoms with Crippen LogP contribution in [0.25, 0.3) is 16.7 Å². The smallest absolute Gasteiger partial charge is 0.262 e. The molecule has 0 atom stereocenters. The highest BCUT2D eigenvalue weighted by molar-refractivity contribution is 7.99. The molecule has 2 aromatic carbocycles. The third kappa shape index (κ3) is 3.59. The number of rotatable bonds is 6. The first-order chi connectivity index (χ1) is 14.5. The van der Waals surface area contributed by atoms with Gasteiger partial charge in [0, 0.05) is 12.2 Å². The molecule has 0 aliphatic rings. The Bertz CT molecular complexity index is 1310. The van der Waals surface area contributed by atoms with Crippen LogP contribution in [0.2, 0.25) is 0 Å². The number of amides is 1. The number of carbonyl (C=O) groups excluding carboxylic acids is 1. The molecule has 4 rings (SSSR count). The Balaban J connectivity index is 1.66. The van der Waals surface area contributed by atoms with Crippen molar-refractivity contribution in [3.63, 3.8) is 0 Å². The van der Waals surface area contributed by atoms with E-state index in [1.165, 1.54) is 11.8 Å². The quantitative estimate of drug-likeness (QED) is 0.479. The molecule has 0 aliphatic carbocycles. The van der Waals surface area contributed by atoms with E-state index >= 15 is 0 Å². The van der Waals surface area contributed by atoms with Crippen molar-refractivity contribution >= 4 is 40.0 Å². The van der Waals surface area contributed by atoms with Gasteiger partial charge in [-0.15, -0.1) is 10.2 Å². The van der Waals surface area contributed by atoms with Crippen molar-refractivity contribution in [2.24, 2.45) is 0 Å². The van der Waals surface area contributed by atoms with Crippen molar-refractivity contribution in [3.05, 3.63) is 63.9 Å². The van der Waals surface area contributed by atoms with Crippen molar-refractivity contribution in [1.82, 2.24) is 19.2 Å². The van der Waals surface area contributed by atoms with Crippen LogP contribution >= 0.6 is 11.8 Å². The zero-order chi connectivity index (χ0) is 21.3. The predicted molar refractivity (Wildman–Crippen MR) is 120 cm³/mol. The summed E-state index contributed by atoms with van der Waals surface area (Å²) in [6.45, 7) is 6.58. The van der Waals surface area contributed by atoms with Gasteiger partial charge in [-0.05, 0) is 49.6 Å². The fraction of sp³-hybridized carbons (Fsp3) is 0.273. The Labute approximate surface area is 178 Å². The molecule has 0 unspecified atom stereocenters. The van der Waals surface area contributed by atoms with E-state index in [2.05, 4.69) is 15.5 Å². The van der Waals surface area contributed by atoms with Gasteiger partial charge < -0.3 is 5.32 Å². The van der Waals surface area contributed by atoms with Gasteiger partial charge >= 0.3 is 0 Å². The summed E-state index contributed by atoms with van der Waals surface area (Å²) < 4.78 is 3.51. The molecule has 2 heterocycles. The number of nitrogens with zero attached hydrogens (tertiary/aromatic N) is 4. The molecule has 2 aromatic heterocycles. The van der Waals surface area contributed by atoms with E-state index in [1.807, 2.05) is 67.6 Å². The van der Waals surface area contributed by atoms with Crippen LogP contribution in [0.4, 0.5) is 5.69 Å². The minimum atomic E-state index is -0.114. The average Bonchev–Trinajstić information content (AvgIpc) is 3.17. The first-order valence-electron chi connectivity index (χ1n) is 9.86. The molecule has 154 valence electrons. The summed E-state index contributed by atoms with van der Waals surface area (Å²) in [6, 6.07) is 13.3. The van der Waals surface area contributed by atoms with Gasteiger partial charge in [0.05, 0.1) is 16.7 Å². The Kier molecular flexibility index (Phi) is 5.59. The molecule has 0 saturated carbocycles. The van der Waals surface area contributed by atoms with Crippen LogP contribution in [0.1, 0.15) is 24.5 Å². The molecule has 7 nitrogen and oxygen atoms in total. The molecule has 0 radical (unpaired) electrons. The van der Waals surface area contributed by atoms with Crippen LogP contribution in [-0.2, 0) is 11.3 Å². The highest BCUT2D eigenvalue weighted by Crippen LogP contribution is 2.23. The number of carbonyl (C=O) groups is 1. The zero-order valence-corrected chi connectivity index (χ0v) is 18.0. The molecule has 1 amide bonds. The van der Waals surface area contributed by atoms with Crippen LogP contribution in [0.15, 0.2) is 52.4 Å². The number of thioether (sulfide) groups is 1. The lowest BCUT2D eigenvalue weighted by Gasteiger charge is -2.11. The number of nitrogens with one attached hydrogen (secondary N) is 1. The normalized spacial score (nSPS) is 11.3. The van der Waals surface area contributed by atoms with Crippen LogP contribution in [-0.4, -0.2) is 30.8 Å². The van der Waals surface area contributed by atoms with E-state index in [1.54, 1.807) is 4.57 Å². The van der Waals surface area contributed by atoms with Crippen molar-refractivity contribution in [2.75, 3.05) is 11.1 Å². The maximum absolute atomic E-state index is 12.9. The topological polar surface area (TPSA) is 81.3 Å². The minimum absolute atomic E-state index is 0.0726. The monoisotopic (exact) mass is 421 g/mol. The Hall–Kier alpha value is -3.13. The lowest BCUT2D eigenvalue weighted by Crippen LogP contribution is -2.23. The average molecular weight is 422 g/mol. The first-order valence-corrected chi connectivity index (χ1v) is 10.9. The summed E-state index contributed by atoms with van der Waals surface area (Å²) in [5.74, 6) is 0.574. The molecule has 1 N–H and O–H groups in total. The fourth-order valence-electron chi connectivity index (χ4n) is 3.46. The number of hydrogen-bond donors (Lipinski definition) is 1. The lowest BCUT2D eigenvalue weighted by atomic mass is 10.1. The van der Waals surface area contributed by atoms with E-state index in [9.17, 15) is 9.59 Å². The second kappa shape index (κ2) is 8.31. The highest BCUT2D eigenvalue weighted by Gasteiger charge is 2.17. The molecule has 30 heavy (non-hydrogen) atoms. The molecule has 0 saturated heterocycles. The van der Waals surface area contributed by atoms with Gasteiger partial charge in [-0.1, -0.05) is 43.0 Å². The number of aromatic nitrogens is 4. The minimum Gasteiger partial charge on any atom is -0.325 e. The van der Waals surface area contributed by atoms with Crippen molar-refractivity contribution < 1.29 is 4.79 Å². The summed E-state index contributed by atoms with van der Waals surface area (Å²) in [5.41, 5.74) is 3.67. The number of aryl methyl sites for hydroxylation is 2.